The molecule has 0 bridgehead atoms. The Hall–Kier alpha value is -1.92. The van der Waals surface area contributed by atoms with Gasteiger partial charge in [-0.15, -0.1) is 12.6 Å². The van der Waals surface area contributed by atoms with Crippen LogP contribution in [0.1, 0.15) is 13.8 Å². The summed E-state index contributed by atoms with van der Waals surface area (Å²) >= 11 is 0. The smallest absolute Gasteiger partial charge is 0.0106 e. The summed E-state index contributed by atoms with van der Waals surface area (Å²) in [6.45, 7) is 4.08. The third kappa shape index (κ3) is 2.43. The van der Waals surface area contributed by atoms with E-state index in [1.807, 2.05) is 32.1 Å². The van der Waals surface area contributed by atoms with Crippen molar-refractivity contribution in [2.24, 2.45) is 5.10 Å². The van der Waals surface area contributed by atoms with Crippen LogP contribution in [0.2, 0.25) is 0 Å². The van der Waals surface area contributed by atoms with E-state index in [0.717, 1.165) is 0 Å². The maximum Gasteiger partial charge on any atom is 0.0106 e. The van der Waals surface area contributed by atoms with Crippen LogP contribution in [0.25, 0.3) is 0 Å². The largest absolute Gasteiger partial charge is 0.358 e. The molecule has 1 heterocycles. The summed E-state index contributed by atoms with van der Waals surface area (Å²) < 4.78 is 0. The van der Waals surface area contributed by atoms with Gasteiger partial charge in [0.15, 0.2) is 0 Å². The molecule has 3 heteroatoms. The zero-order chi connectivity index (χ0) is 6.85. The van der Waals surface area contributed by atoms with Gasteiger partial charge >= 0.3 is 0 Å². The molecule has 0 N–H and O–H groups in total. The van der Waals surface area contributed by atoms with Gasteiger partial charge in [-0.25, -0.2) is 11.2 Å². The summed E-state index contributed by atoms with van der Waals surface area (Å²) in [5.41, 5.74) is 1.19. The maximum atomic E-state index is 4.09. The fourth-order valence-electron chi connectivity index (χ4n) is 0.729. The molecule has 0 saturated heterocycles. The van der Waals surface area contributed by atoms with Gasteiger partial charge in [-0.2, -0.15) is 5.92 Å². The summed E-state index contributed by atoms with van der Waals surface area (Å²) in [6.07, 6.45) is 3.96. The van der Waals surface area contributed by atoms with E-state index in [-0.39, 0.29) is 7.43 Å². The van der Waals surface area contributed by atoms with Gasteiger partial charge in [0.1, 0.15) is 0 Å². The molecule has 0 atom stereocenters. The molecule has 11 heavy (non-hydrogen) atoms. The molecule has 1 rings (SSSR count). The van der Waals surface area contributed by atoms with Gasteiger partial charge in [0.25, 0.3) is 0 Å². The molecule has 73 valence electrons. The standard InChI is InChI=1S/C7H11N2.CH3.Lr/c1-6-4-7(2)9(3)8-5-6;;/h4-5H,1-3H3;1H3;/q2*-1;. The van der Waals surface area contributed by atoms with E-state index in [2.05, 4.69) is 11.2 Å². The van der Waals surface area contributed by atoms with E-state index in [0.29, 0.717) is 0 Å². The van der Waals surface area contributed by atoms with Crippen LogP contribution in [0.5, 0.6) is 0 Å². The van der Waals surface area contributed by atoms with Gasteiger partial charge < -0.3 is 12.4 Å². The van der Waals surface area contributed by atoms with Crippen molar-refractivity contribution in [2.45, 2.75) is 13.8 Å². The second kappa shape index (κ2) is 3.99. The molecule has 0 unspecified atom stereocenters. The minimum absolute atomic E-state index is 0. The predicted octanol–water partition coefficient (Wildman–Crippen LogP) is 1.87. The first-order valence-corrected chi connectivity index (χ1v) is 3.00. The maximum absolute atomic E-state index is 4.09. The van der Waals surface area contributed by atoms with Crippen molar-refractivity contribution >= 4 is 6.21 Å². The summed E-state index contributed by atoms with van der Waals surface area (Å²) in [4.78, 5) is 0. The average molecular weight is 400 g/mol. The molecule has 0 fully saturated rings. The van der Waals surface area contributed by atoms with Crippen molar-refractivity contribution in [1.29, 1.82) is 0 Å². The molecule has 1 aliphatic rings. The van der Waals surface area contributed by atoms with Crippen LogP contribution in [-0.4, -0.2) is 18.3 Å². The van der Waals surface area contributed by atoms with Gasteiger partial charge in [0.2, 0.25) is 0 Å². The summed E-state index contributed by atoms with van der Waals surface area (Å²) in [5.74, 6) is 1.21. The molecule has 0 saturated carbocycles. The molecule has 1 aliphatic heterocycles. The Morgan fingerprint density at radius 3 is 2.45 bits per heavy atom. The normalized spacial score (nSPS) is 15.0. The molecular weight excluding hydrogens is 386 g/mol. The monoisotopic (exact) mass is 400 g/mol. The Morgan fingerprint density at radius 2 is 2.09 bits per heavy atom. The zero-order valence-electron chi connectivity index (χ0n) is 7.31. The van der Waals surface area contributed by atoms with Crippen LogP contribution in [0, 0.1) is 13.3 Å². The Bertz CT molecular complexity index is 163. The van der Waals surface area contributed by atoms with Gasteiger partial charge in [0.05, 0.1) is 0 Å². The molecule has 1 radical (unpaired) electrons. The SMILES string of the molecule is CC1=C[C-](C)C=NN1C.[CH3-].[Lr]. The number of hydrogen-bond donors (Lipinski definition) is 0. The van der Waals surface area contributed by atoms with Crippen molar-refractivity contribution in [3.8, 4) is 0 Å². The first-order chi connectivity index (χ1) is 4.20. The number of nitrogens with zero attached hydrogens (tertiary/aromatic N) is 2. The van der Waals surface area contributed by atoms with Crippen LogP contribution in [0.4, 0.5) is 0 Å². The van der Waals surface area contributed by atoms with E-state index in [9.17, 15) is 0 Å². The van der Waals surface area contributed by atoms with Crippen molar-refractivity contribution in [2.75, 3.05) is 7.05 Å². The summed E-state index contributed by atoms with van der Waals surface area (Å²) in [5, 5.41) is 5.95. The molecule has 0 amide bonds. The second-order valence-electron chi connectivity index (χ2n) is 2.30. The van der Waals surface area contributed by atoms with Crippen LogP contribution in [0.15, 0.2) is 16.9 Å². The van der Waals surface area contributed by atoms with E-state index in [4.69, 9.17) is 0 Å². The van der Waals surface area contributed by atoms with Gasteiger partial charge in [-0.05, 0) is 6.21 Å². The molecule has 2 nitrogen and oxygen atoms in total. The third-order valence-corrected chi connectivity index (χ3v) is 1.38. The average Bonchev–Trinajstić information content (AvgIpc) is 1.80. The quantitative estimate of drug-likeness (QED) is 0.567. The van der Waals surface area contributed by atoms with Gasteiger partial charge in [-0.1, -0.05) is 6.92 Å². The van der Waals surface area contributed by atoms with Gasteiger partial charge in [0, 0.05) is 7.05 Å². The Labute approximate surface area is 63.2 Å². The van der Waals surface area contributed by atoms with Crippen molar-refractivity contribution in [3.05, 3.63) is 25.1 Å². The molecule has 0 aromatic heterocycles. The molecule has 0 aromatic carbocycles. The minimum atomic E-state index is 0. The molecule has 0 aliphatic carbocycles. The Morgan fingerprint density at radius 1 is 1.55 bits per heavy atom. The van der Waals surface area contributed by atoms with Crippen molar-refractivity contribution < 1.29 is 0 Å². The Kier molecular flexibility index (Phi) is 4.29. The first-order valence-electron chi connectivity index (χ1n) is 3.00. The van der Waals surface area contributed by atoms with Gasteiger partial charge in [-0.3, -0.25) is 0 Å². The van der Waals surface area contributed by atoms with Crippen LogP contribution in [-0.2, 0) is 0 Å². The Balaban J connectivity index is 0. The number of hydrogen-bond acceptors (Lipinski definition) is 2. The fraction of sp³-hybridized carbons (Fsp3) is 0.375. The van der Waals surface area contributed by atoms with Crippen LogP contribution in [0.3, 0.4) is 0 Å². The topological polar surface area (TPSA) is 15.6 Å². The van der Waals surface area contributed by atoms with Crippen molar-refractivity contribution in [3.63, 3.8) is 0 Å². The zero-order valence-corrected chi connectivity index (χ0v) is 9.46. The van der Waals surface area contributed by atoms with E-state index in [1.165, 1.54) is 11.6 Å². The van der Waals surface area contributed by atoms with E-state index < -0.39 is 0 Å². The summed E-state index contributed by atoms with van der Waals surface area (Å²) in [7, 11) is 1.94. The predicted molar refractivity (Wildman–Crippen MR) is 45.3 cm³/mol. The summed E-state index contributed by atoms with van der Waals surface area (Å²) in [6, 6.07) is 0. The van der Waals surface area contributed by atoms with E-state index >= 15 is 0 Å². The number of hydrazone groups is 1. The molecule has 0 spiro atoms. The molecular formula is C8H14LrN2-2. The van der Waals surface area contributed by atoms with E-state index in [1.54, 1.807) is 0 Å². The number of rotatable bonds is 0. The van der Waals surface area contributed by atoms with Crippen molar-refractivity contribution in [1.82, 2.24) is 5.01 Å². The molecule has 0 aromatic rings. The van der Waals surface area contributed by atoms with Crippen LogP contribution < -0.4 is 0 Å². The fourth-order valence-corrected chi connectivity index (χ4v) is 0.729. The second-order valence-corrected chi connectivity index (χ2v) is 2.30. The third-order valence-electron chi connectivity index (χ3n) is 1.38. The van der Waals surface area contributed by atoms with Crippen LogP contribution >= 0.6 is 0 Å². The number of allylic oxidation sites excluding steroid dienone is 2. The minimum Gasteiger partial charge on any atom is -0.358 e. The first kappa shape index (κ1) is 11.8.